The molecule has 0 radical (unpaired) electrons. The summed E-state index contributed by atoms with van der Waals surface area (Å²) < 4.78 is 0. The van der Waals surface area contributed by atoms with Crippen LogP contribution in [0, 0.1) is 5.92 Å². The first kappa shape index (κ1) is 12.0. The van der Waals surface area contributed by atoms with E-state index in [9.17, 15) is 0 Å². The van der Waals surface area contributed by atoms with E-state index in [1.54, 1.807) is 5.57 Å². The smallest absolute Gasteiger partial charge is 0.0593 e. The third-order valence-corrected chi connectivity index (χ3v) is 6.48. The monoisotopic (exact) mass is 278 g/mol. The summed E-state index contributed by atoms with van der Waals surface area (Å²) >= 11 is 0. The number of rotatable bonds is 0. The van der Waals surface area contributed by atoms with Gasteiger partial charge in [-0.1, -0.05) is 30.9 Å². The van der Waals surface area contributed by atoms with Gasteiger partial charge < -0.3 is 5.32 Å². The lowest BCUT2D eigenvalue weighted by Gasteiger charge is -2.53. The first-order valence-corrected chi connectivity index (χ1v) is 8.22. The first-order valence-electron chi connectivity index (χ1n) is 8.22. The number of fused-ring (bicyclic) bond motifs is 2. The standard InChI is InChI=1S/C19H22N2/c1-3-13-14-8-10-21-11-9-19(18(13)21)15-6-4-5-7-16(15)20-17(19)12(14)2/h3-7,14,17-18,20H,2,8-11H2,1H3/b13-3-/t14-,17-,18-,19-/m1/s1. The lowest BCUT2D eigenvalue weighted by atomic mass is 9.57. The Morgan fingerprint density at radius 3 is 3.05 bits per heavy atom. The van der Waals surface area contributed by atoms with Crippen molar-refractivity contribution in [1.29, 1.82) is 0 Å². The molecule has 1 aromatic carbocycles. The maximum Gasteiger partial charge on any atom is 0.0593 e. The molecule has 21 heavy (non-hydrogen) atoms. The van der Waals surface area contributed by atoms with E-state index in [1.165, 1.54) is 42.8 Å². The quantitative estimate of drug-likeness (QED) is 0.732. The van der Waals surface area contributed by atoms with Gasteiger partial charge in [0.25, 0.3) is 0 Å². The van der Waals surface area contributed by atoms with E-state index < -0.39 is 0 Å². The molecule has 1 spiro atoms. The predicted molar refractivity (Wildman–Crippen MR) is 86.5 cm³/mol. The molecule has 0 unspecified atom stereocenters. The van der Waals surface area contributed by atoms with Gasteiger partial charge in [-0.2, -0.15) is 0 Å². The molecule has 1 aromatic rings. The average Bonchev–Trinajstić information content (AvgIpc) is 3.08. The zero-order valence-corrected chi connectivity index (χ0v) is 12.6. The van der Waals surface area contributed by atoms with Gasteiger partial charge in [-0.25, -0.2) is 0 Å². The Morgan fingerprint density at radius 1 is 1.33 bits per heavy atom. The summed E-state index contributed by atoms with van der Waals surface area (Å²) in [6.45, 7) is 9.24. The molecule has 0 amide bonds. The molecule has 4 aliphatic rings. The minimum atomic E-state index is 0.229. The predicted octanol–water partition coefficient (Wildman–Crippen LogP) is 3.33. The van der Waals surface area contributed by atoms with Crippen molar-refractivity contribution < 1.29 is 0 Å². The van der Waals surface area contributed by atoms with Gasteiger partial charge in [-0.3, -0.25) is 4.90 Å². The molecule has 5 rings (SSSR count). The van der Waals surface area contributed by atoms with Gasteiger partial charge in [0.2, 0.25) is 0 Å². The summed E-state index contributed by atoms with van der Waals surface area (Å²) in [6.07, 6.45) is 4.89. The fourth-order valence-electron chi connectivity index (χ4n) is 5.74. The summed E-state index contributed by atoms with van der Waals surface area (Å²) in [6, 6.07) is 9.97. The van der Waals surface area contributed by atoms with E-state index in [2.05, 4.69) is 54.1 Å². The van der Waals surface area contributed by atoms with Crippen LogP contribution in [0.2, 0.25) is 0 Å². The molecule has 2 heteroatoms. The second-order valence-corrected chi connectivity index (χ2v) is 7.06. The van der Waals surface area contributed by atoms with Crippen molar-refractivity contribution in [1.82, 2.24) is 4.90 Å². The number of allylic oxidation sites excluding steroid dienone is 1. The van der Waals surface area contributed by atoms with Crippen molar-refractivity contribution in [3.63, 3.8) is 0 Å². The van der Waals surface area contributed by atoms with Crippen LogP contribution in [0.3, 0.4) is 0 Å². The second kappa shape index (κ2) is 3.80. The van der Waals surface area contributed by atoms with Gasteiger partial charge in [-0.05, 0) is 55.6 Å². The number of hydrogen-bond acceptors (Lipinski definition) is 2. The Bertz CT molecular complexity index is 674. The fraction of sp³-hybridized carbons (Fsp3) is 0.474. The zero-order chi connectivity index (χ0) is 14.2. The van der Waals surface area contributed by atoms with Crippen LogP contribution in [0.1, 0.15) is 25.3 Å². The van der Waals surface area contributed by atoms with Crippen molar-refractivity contribution in [2.24, 2.45) is 5.92 Å². The number of benzene rings is 1. The SMILES string of the molecule is C=C1[C@H]2CCN3CC[C@]4(c5ccccc5N[C@H]14)[C@H]3/C2=C\C. The molecule has 0 aromatic heterocycles. The molecule has 3 aliphatic heterocycles. The molecular weight excluding hydrogens is 256 g/mol. The maximum atomic E-state index is 4.55. The van der Waals surface area contributed by atoms with Crippen molar-refractivity contribution in [3.05, 3.63) is 53.6 Å². The third-order valence-electron chi connectivity index (χ3n) is 6.48. The Hall–Kier alpha value is -1.54. The highest BCUT2D eigenvalue weighted by Gasteiger charge is 2.64. The van der Waals surface area contributed by atoms with E-state index in [-0.39, 0.29) is 5.41 Å². The van der Waals surface area contributed by atoms with Crippen molar-refractivity contribution in [2.75, 3.05) is 18.4 Å². The van der Waals surface area contributed by atoms with E-state index >= 15 is 0 Å². The maximum absolute atomic E-state index is 4.55. The molecular formula is C19H22N2. The molecule has 3 fully saturated rings. The minimum absolute atomic E-state index is 0.229. The van der Waals surface area contributed by atoms with Gasteiger partial charge in [-0.15, -0.1) is 0 Å². The van der Waals surface area contributed by atoms with E-state index in [4.69, 9.17) is 0 Å². The van der Waals surface area contributed by atoms with Gasteiger partial charge in [0.05, 0.1) is 6.04 Å². The normalized spacial score (nSPS) is 41.9. The van der Waals surface area contributed by atoms with Crippen molar-refractivity contribution in [2.45, 2.75) is 37.3 Å². The van der Waals surface area contributed by atoms with Crippen LogP contribution in [-0.4, -0.2) is 30.1 Å². The van der Waals surface area contributed by atoms with Crippen LogP contribution in [0.15, 0.2) is 48.1 Å². The second-order valence-electron chi connectivity index (χ2n) is 7.06. The van der Waals surface area contributed by atoms with Gasteiger partial charge in [0, 0.05) is 23.1 Å². The molecule has 1 N–H and O–H groups in total. The van der Waals surface area contributed by atoms with Crippen molar-refractivity contribution >= 4 is 5.69 Å². The van der Waals surface area contributed by atoms with Crippen LogP contribution in [0.25, 0.3) is 0 Å². The topological polar surface area (TPSA) is 15.3 Å². The van der Waals surface area contributed by atoms with E-state index in [0.717, 1.165) is 0 Å². The lowest BCUT2D eigenvalue weighted by molar-refractivity contribution is 0.156. The summed E-state index contributed by atoms with van der Waals surface area (Å²) in [5, 5.41) is 3.82. The zero-order valence-electron chi connectivity index (χ0n) is 12.6. The molecule has 1 aliphatic carbocycles. The van der Waals surface area contributed by atoms with Crippen LogP contribution < -0.4 is 5.32 Å². The molecule has 1 saturated carbocycles. The summed E-state index contributed by atoms with van der Waals surface area (Å²) in [5.41, 5.74) is 6.17. The number of anilines is 1. The molecule has 3 heterocycles. The van der Waals surface area contributed by atoms with Crippen LogP contribution >= 0.6 is 0 Å². The van der Waals surface area contributed by atoms with Gasteiger partial charge in [0.15, 0.2) is 0 Å². The third kappa shape index (κ3) is 1.20. The number of hydrogen-bond donors (Lipinski definition) is 1. The highest BCUT2D eigenvalue weighted by atomic mass is 15.2. The average molecular weight is 278 g/mol. The van der Waals surface area contributed by atoms with Gasteiger partial charge in [0.1, 0.15) is 0 Å². The Kier molecular flexibility index (Phi) is 2.18. The molecule has 108 valence electrons. The number of nitrogens with zero attached hydrogens (tertiary/aromatic N) is 1. The first-order chi connectivity index (χ1) is 10.3. The van der Waals surface area contributed by atoms with E-state index in [0.29, 0.717) is 18.0 Å². The van der Waals surface area contributed by atoms with Crippen LogP contribution in [0.5, 0.6) is 0 Å². The summed E-state index contributed by atoms with van der Waals surface area (Å²) in [7, 11) is 0. The molecule has 2 bridgehead atoms. The number of para-hydroxylation sites is 1. The number of nitrogens with one attached hydrogen (secondary N) is 1. The highest BCUT2D eigenvalue weighted by Crippen LogP contribution is 2.61. The summed E-state index contributed by atoms with van der Waals surface area (Å²) in [4.78, 5) is 2.73. The fourth-order valence-corrected chi connectivity index (χ4v) is 5.74. The lowest BCUT2D eigenvalue weighted by Crippen LogP contribution is -2.59. The minimum Gasteiger partial charge on any atom is -0.377 e. The molecule has 2 saturated heterocycles. The van der Waals surface area contributed by atoms with Crippen LogP contribution in [-0.2, 0) is 5.41 Å². The molecule has 4 atom stereocenters. The van der Waals surface area contributed by atoms with Gasteiger partial charge >= 0.3 is 0 Å². The highest BCUT2D eigenvalue weighted by molar-refractivity contribution is 5.69. The summed E-state index contributed by atoms with van der Waals surface area (Å²) in [5.74, 6) is 0.592. The Labute approximate surface area is 126 Å². The molecule has 2 nitrogen and oxygen atoms in total. The Balaban J connectivity index is 1.80. The number of piperidine rings is 1. The van der Waals surface area contributed by atoms with E-state index in [1.807, 2.05) is 0 Å². The van der Waals surface area contributed by atoms with Crippen LogP contribution in [0.4, 0.5) is 5.69 Å². The largest absolute Gasteiger partial charge is 0.377 e. The Morgan fingerprint density at radius 2 is 2.19 bits per heavy atom. The van der Waals surface area contributed by atoms with Crippen molar-refractivity contribution in [3.8, 4) is 0 Å².